The van der Waals surface area contributed by atoms with Crippen molar-refractivity contribution in [3.05, 3.63) is 41.7 Å². The van der Waals surface area contributed by atoms with Crippen LogP contribution in [0, 0.1) is 0 Å². The van der Waals surface area contributed by atoms with Gasteiger partial charge < -0.3 is 26.5 Å². The summed E-state index contributed by atoms with van der Waals surface area (Å²) in [6.45, 7) is -0.423. The fourth-order valence-corrected chi connectivity index (χ4v) is 2.80. The number of primary amides is 2. The Labute approximate surface area is 147 Å². The smallest absolute Gasteiger partial charge is 0.248 e. The lowest BCUT2D eigenvalue weighted by Crippen LogP contribution is -2.21. The molecule has 0 unspecified atom stereocenters. The van der Waals surface area contributed by atoms with E-state index in [1.54, 1.807) is 12.1 Å². The van der Waals surface area contributed by atoms with Gasteiger partial charge in [-0.3, -0.25) is 14.4 Å². The summed E-state index contributed by atoms with van der Waals surface area (Å²) in [7, 11) is 0. The number of hydrogen-bond acceptors (Lipinski definition) is 6. The van der Waals surface area contributed by atoms with Crippen molar-refractivity contribution in [3.8, 4) is 0 Å². The number of imidazole rings is 1. The predicted molar refractivity (Wildman–Crippen MR) is 91.7 cm³/mol. The van der Waals surface area contributed by atoms with Crippen LogP contribution in [0.3, 0.4) is 0 Å². The fraction of sp³-hybridized carbons (Fsp3) is 0.200. The SMILES string of the molecule is NC(=O)Cn1c(CO)cnc1SCC(=O)Nc1ccc(C(N)=O)cc1. The van der Waals surface area contributed by atoms with Gasteiger partial charge in [-0.2, -0.15) is 0 Å². The number of amides is 3. The number of aromatic nitrogens is 2. The molecular formula is C15H17N5O4S. The van der Waals surface area contributed by atoms with Gasteiger partial charge in [-0.1, -0.05) is 11.8 Å². The number of nitrogens with one attached hydrogen (secondary N) is 1. The molecule has 0 saturated carbocycles. The Morgan fingerprint density at radius 3 is 2.44 bits per heavy atom. The molecule has 0 atom stereocenters. The Kier molecular flexibility index (Phi) is 6.14. The van der Waals surface area contributed by atoms with E-state index in [-0.39, 0.29) is 24.8 Å². The molecule has 0 saturated heterocycles. The Morgan fingerprint density at radius 1 is 1.20 bits per heavy atom. The van der Waals surface area contributed by atoms with Gasteiger partial charge in [-0.05, 0) is 24.3 Å². The molecule has 0 fully saturated rings. The summed E-state index contributed by atoms with van der Waals surface area (Å²) < 4.78 is 1.46. The van der Waals surface area contributed by atoms with Crippen molar-refractivity contribution < 1.29 is 19.5 Å². The minimum Gasteiger partial charge on any atom is -0.390 e. The van der Waals surface area contributed by atoms with E-state index in [0.29, 0.717) is 22.1 Å². The number of rotatable bonds is 8. The second-order valence-corrected chi connectivity index (χ2v) is 5.96. The highest BCUT2D eigenvalue weighted by Crippen LogP contribution is 2.19. The Morgan fingerprint density at radius 2 is 1.88 bits per heavy atom. The molecule has 0 aliphatic carbocycles. The maximum atomic E-state index is 12.0. The van der Waals surface area contributed by atoms with Crippen LogP contribution in [0.15, 0.2) is 35.6 Å². The zero-order chi connectivity index (χ0) is 18.4. The van der Waals surface area contributed by atoms with Gasteiger partial charge in [0.15, 0.2) is 5.16 Å². The minimum atomic E-state index is -0.575. The van der Waals surface area contributed by atoms with Gasteiger partial charge >= 0.3 is 0 Å². The molecule has 0 radical (unpaired) electrons. The Balaban J connectivity index is 1.97. The predicted octanol–water partition coefficient (Wildman–Crippen LogP) is -0.310. The molecule has 0 aliphatic rings. The number of nitrogens with two attached hydrogens (primary N) is 2. The summed E-state index contributed by atoms with van der Waals surface area (Å²) in [5, 5.41) is 12.3. The highest BCUT2D eigenvalue weighted by Gasteiger charge is 2.14. The van der Waals surface area contributed by atoms with Crippen molar-refractivity contribution in [2.75, 3.05) is 11.1 Å². The molecule has 10 heteroatoms. The number of carbonyl (C=O) groups excluding carboxylic acids is 3. The van der Waals surface area contributed by atoms with Gasteiger partial charge in [0.05, 0.1) is 24.3 Å². The lowest BCUT2D eigenvalue weighted by Gasteiger charge is -2.09. The molecular weight excluding hydrogens is 346 g/mol. The van der Waals surface area contributed by atoms with E-state index in [1.165, 1.54) is 22.9 Å². The standard InChI is InChI=1S/C15H17N5O4S/c16-12(22)6-20-11(7-21)5-18-15(20)25-8-13(23)19-10-3-1-9(2-4-10)14(17)24/h1-5,21H,6-8H2,(H2,16,22)(H2,17,24)(H,19,23). The highest BCUT2D eigenvalue weighted by molar-refractivity contribution is 7.99. The first-order valence-corrected chi connectivity index (χ1v) is 8.15. The zero-order valence-electron chi connectivity index (χ0n) is 13.1. The molecule has 0 bridgehead atoms. The van der Waals surface area contributed by atoms with E-state index < -0.39 is 11.8 Å². The molecule has 9 nitrogen and oxygen atoms in total. The first kappa shape index (κ1) is 18.5. The highest BCUT2D eigenvalue weighted by atomic mass is 32.2. The number of anilines is 1. The molecule has 1 aromatic heterocycles. The molecule has 1 aromatic carbocycles. The quantitative estimate of drug-likeness (QED) is 0.472. The lowest BCUT2D eigenvalue weighted by molar-refractivity contribution is -0.118. The third-order valence-electron chi connectivity index (χ3n) is 3.16. The van der Waals surface area contributed by atoms with Crippen LogP contribution < -0.4 is 16.8 Å². The summed E-state index contributed by atoms with van der Waals surface area (Å²) >= 11 is 1.11. The number of carbonyl (C=O) groups is 3. The Hall–Kier alpha value is -2.85. The third kappa shape index (κ3) is 5.06. The molecule has 3 amide bonds. The first-order valence-electron chi connectivity index (χ1n) is 7.16. The van der Waals surface area contributed by atoms with Gasteiger partial charge in [0.25, 0.3) is 0 Å². The average molecular weight is 363 g/mol. The minimum absolute atomic E-state index is 0.0399. The van der Waals surface area contributed by atoms with Crippen LogP contribution in [0.1, 0.15) is 16.1 Å². The van der Waals surface area contributed by atoms with Crippen LogP contribution in [-0.2, 0) is 22.7 Å². The van der Waals surface area contributed by atoms with E-state index in [9.17, 15) is 19.5 Å². The monoisotopic (exact) mass is 363 g/mol. The summed E-state index contributed by atoms with van der Waals surface area (Å²) in [6, 6.07) is 6.16. The van der Waals surface area contributed by atoms with Crippen molar-refractivity contribution in [2.24, 2.45) is 11.5 Å². The molecule has 2 rings (SSSR count). The van der Waals surface area contributed by atoms with E-state index >= 15 is 0 Å². The number of hydrogen-bond donors (Lipinski definition) is 4. The maximum absolute atomic E-state index is 12.0. The van der Waals surface area contributed by atoms with Gasteiger partial charge in [0.1, 0.15) is 6.54 Å². The molecule has 6 N–H and O–H groups in total. The van der Waals surface area contributed by atoms with Crippen molar-refractivity contribution >= 4 is 35.2 Å². The molecule has 2 aromatic rings. The number of thioether (sulfide) groups is 1. The van der Waals surface area contributed by atoms with Crippen LogP contribution >= 0.6 is 11.8 Å². The fourth-order valence-electron chi connectivity index (χ4n) is 2.00. The second-order valence-electron chi connectivity index (χ2n) is 5.02. The summed E-state index contributed by atoms with van der Waals surface area (Å²) in [4.78, 5) is 38.2. The topological polar surface area (TPSA) is 153 Å². The van der Waals surface area contributed by atoms with Crippen LogP contribution in [0.25, 0.3) is 0 Å². The summed E-state index contributed by atoms with van der Waals surface area (Å²) in [6.07, 6.45) is 1.42. The number of nitrogens with zero attached hydrogens (tertiary/aromatic N) is 2. The molecule has 1 heterocycles. The lowest BCUT2D eigenvalue weighted by atomic mass is 10.2. The maximum Gasteiger partial charge on any atom is 0.248 e. The second kappa shape index (κ2) is 8.31. The van der Waals surface area contributed by atoms with Crippen molar-refractivity contribution in [2.45, 2.75) is 18.3 Å². The van der Waals surface area contributed by atoms with Gasteiger partial charge in [0.2, 0.25) is 17.7 Å². The molecule has 0 aliphatic heterocycles. The molecule has 25 heavy (non-hydrogen) atoms. The van der Waals surface area contributed by atoms with Crippen molar-refractivity contribution in [3.63, 3.8) is 0 Å². The van der Waals surface area contributed by atoms with Crippen molar-refractivity contribution in [1.29, 1.82) is 0 Å². The third-order valence-corrected chi connectivity index (χ3v) is 4.15. The number of aliphatic hydroxyl groups is 1. The van der Waals surface area contributed by atoms with Crippen LogP contribution in [0.4, 0.5) is 5.69 Å². The van der Waals surface area contributed by atoms with E-state index in [2.05, 4.69) is 10.3 Å². The van der Waals surface area contributed by atoms with Crippen LogP contribution in [0.2, 0.25) is 0 Å². The van der Waals surface area contributed by atoms with E-state index in [4.69, 9.17) is 11.5 Å². The summed E-state index contributed by atoms with van der Waals surface area (Å²) in [5.41, 5.74) is 11.6. The Bertz CT molecular complexity index is 788. The van der Waals surface area contributed by atoms with E-state index in [1.807, 2.05) is 0 Å². The van der Waals surface area contributed by atoms with Crippen molar-refractivity contribution in [1.82, 2.24) is 9.55 Å². The number of aliphatic hydroxyl groups excluding tert-OH is 1. The first-order chi connectivity index (χ1) is 11.9. The average Bonchev–Trinajstić information content (AvgIpc) is 2.94. The molecule has 132 valence electrons. The van der Waals surface area contributed by atoms with Crippen LogP contribution in [-0.4, -0.2) is 38.1 Å². The van der Waals surface area contributed by atoms with Gasteiger partial charge in [-0.25, -0.2) is 4.98 Å². The zero-order valence-corrected chi connectivity index (χ0v) is 14.0. The van der Waals surface area contributed by atoms with E-state index in [0.717, 1.165) is 11.8 Å². The number of benzene rings is 1. The van der Waals surface area contributed by atoms with Gasteiger partial charge in [-0.15, -0.1) is 0 Å². The van der Waals surface area contributed by atoms with Gasteiger partial charge in [0, 0.05) is 11.3 Å². The molecule has 0 spiro atoms. The van der Waals surface area contributed by atoms with Crippen LogP contribution in [0.5, 0.6) is 0 Å². The largest absolute Gasteiger partial charge is 0.390 e. The summed E-state index contributed by atoms with van der Waals surface area (Å²) in [5.74, 6) is -1.38. The normalized spacial score (nSPS) is 10.4.